The number of anilines is 3. The number of hydrogen-bond acceptors (Lipinski definition) is 6. The number of rotatable bonds is 5. The van der Waals surface area contributed by atoms with E-state index in [2.05, 4.69) is 10.6 Å². The molecule has 3 rings (SSSR count). The van der Waals surface area contributed by atoms with Crippen LogP contribution in [0.4, 0.5) is 17.1 Å². The zero-order chi connectivity index (χ0) is 20.8. The van der Waals surface area contributed by atoms with Gasteiger partial charge in [0.1, 0.15) is 13.0 Å². The number of fused-ring (bicyclic) bond motifs is 1. The molecule has 29 heavy (non-hydrogen) atoms. The largest absolute Gasteiger partial charge is 0.452 e. The van der Waals surface area contributed by atoms with Crippen LogP contribution in [0.2, 0.25) is 0 Å². The maximum atomic E-state index is 12.5. The van der Waals surface area contributed by atoms with Crippen molar-refractivity contribution in [3.05, 3.63) is 54.1 Å². The van der Waals surface area contributed by atoms with E-state index < -0.39 is 24.4 Å². The molecule has 1 aliphatic rings. The van der Waals surface area contributed by atoms with E-state index in [0.29, 0.717) is 17.1 Å². The second-order valence-corrected chi connectivity index (χ2v) is 6.08. The number of nitriles is 1. The summed E-state index contributed by atoms with van der Waals surface area (Å²) in [5, 5.41) is 13.7. The Kier molecular flexibility index (Phi) is 5.85. The highest BCUT2D eigenvalue weighted by Gasteiger charge is 2.27. The summed E-state index contributed by atoms with van der Waals surface area (Å²) in [5.74, 6) is -2.04. The fourth-order valence-corrected chi connectivity index (χ4v) is 2.71. The summed E-state index contributed by atoms with van der Waals surface area (Å²) in [7, 11) is 0. The van der Waals surface area contributed by atoms with Crippen molar-refractivity contribution in [3.8, 4) is 6.07 Å². The Labute approximate surface area is 165 Å². The van der Waals surface area contributed by atoms with Crippen LogP contribution in [0.1, 0.15) is 16.8 Å². The van der Waals surface area contributed by atoms with Crippen molar-refractivity contribution in [1.82, 2.24) is 0 Å². The van der Waals surface area contributed by atoms with Gasteiger partial charge in [0.15, 0.2) is 6.61 Å². The molecule has 146 valence electrons. The first-order valence-electron chi connectivity index (χ1n) is 8.61. The van der Waals surface area contributed by atoms with Crippen LogP contribution in [-0.4, -0.2) is 36.8 Å². The van der Waals surface area contributed by atoms with Crippen LogP contribution in [0, 0.1) is 11.3 Å². The predicted octanol–water partition coefficient (Wildman–Crippen LogP) is 1.68. The fourth-order valence-electron chi connectivity index (χ4n) is 2.71. The molecule has 1 aliphatic heterocycles. The summed E-state index contributed by atoms with van der Waals surface area (Å²) in [6.07, 6.45) is -0.274. The second kappa shape index (κ2) is 8.67. The van der Waals surface area contributed by atoms with Crippen molar-refractivity contribution >= 4 is 40.8 Å². The molecule has 0 bridgehead atoms. The summed E-state index contributed by atoms with van der Waals surface area (Å²) >= 11 is 0. The summed E-state index contributed by atoms with van der Waals surface area (Å²) < 4.78 is 5.06. The average Bonchev–Trinajstić information content (AvgIpc) is 2.71. The molecule has 0 spiro atoms. The maximum absolute atomic E-state index is 12.5. The van der Waals surface area contributed by atoms with Gasteiger partial charge in [-0.3, -0.25) is 19.3 Å². The lowest BCUT2D eigenvalue weighted by Crippen LogP contribution is -2.44. The van der Waals surface area contributed by atoms with Gasteiger partial charge in [-0.25, -0.2) is 4.79 Å². The quantitative estimate of drug-likeness (QED) is 0.745. The van der Waals surface area contributed by atoms with Crippen molar-refractivity contribution in [2.75, 3.05) is 28.7 Å². The van der Waals surface area contributed by atoms with Crippen molar-refractivity contribution < 1.29 is 23.9 Å². The van der Waals surface area contributed by atoms with Crippen molar-refractivity contribution in [3.63, 3.8) is 0 Å². The lowest BCUT2D eigenvalue weighted by Gasteiger charge is -2.28. The number of ether oxygens (including phenoxy) is 1. The SMILES string of the molecule is N#CCC(=O)Nc1ccc(C(=O)OCC(=O)N2CC(=O)Nc3ccccc32)cc1. The van der Waals surface area contributed by atoms with Crippen LogP contribution in [-0.2, 0) is 19.1 Å². The average molecular weight is 392 g/mol. The number of carbonyl (C=O) groups is 4. The molecule has 0 unspecified atom stereocenters. The van der Waals surface area contributed by atoms with Gasteiger partial charge in [-0.2, -0.15) is 5.26 Å². The number of benzene rings is 2. The molecule has 2 aromatic carbocycles. The Morgan fingerprint density at radius 1 is 1.14 bits per heavy atom. The van der Waals surface area contributed by atoms with Gasteiger partial charge in [0.2, 0.25) is 11.8 Å². The minimum absolute atomic E-state index is 0.162. The van der Waals surface area contributed by atoms with Crippen LogP contribution in [0.3, 0.4) is 0 Å². The van der Waals surface area contributed by atoms with E-state index in [4.69, 9.17) is 10.00 Å². The molecule has 0 aromatic heterocycles. The van der Waals surface area contributed by atoms with Gasteiger partial charge in [0, 0.05) is 5.69 Å². The molecule has 9 nitrogen and oxygen atoms in total. The van der Waals surface area contributed by atoms with Crippen LogP contribution in [0.5, 0.6) is 0 Å². The van der Waals surface area contributed by atoms with Crippen molar-refractivity contribution in [2.24, 2.45) is 0 Å². The van der Waals surface area contributed by atoms with Gasteiger partial charge < -0.3 is 15.4 Å². The van der Waals surface area contributed by atoms with Gasteiger partial charge in [-0.15, -0.1) is 0 Å². The van der Waals surface area contributed by atoms with E-state index in [1.54, 1.807) is 30.3 Å². The molecule has 3 amide bonds. The first-order chi connectivity index (χ1) is 14.0. The Balaban J connectivity index is 1.59. The highest BCUT2D eigenvalue weighted by atomic mass is 16.5. The smallest absolute Gasteiger partial charge is 0.338 e. The number of para-hydroxylation sites is 2. The Bertz CT molecular complexity index is 1010. The number of nitrogens with one attached hydrogen (secondary N) is 2. The Morgan fingerprint density at radius 3 is 2.59 bits per heavy atom. The minimum Gasteiger partial charge on any atom is -0.452 e. The highest BCUT2D eigenvalue weighted by molar-refractivity contribution is 6.10. The van der Waals surface area contributed by atoms with Gasteiger partial charge in [0.25, 0.3) is 5.91 Å². The number of hydrogen-bond donors (Lipinski definition) is 2. The molecule has 0 atom stereocenters. The molecule has 0 saturated heterocycles. The zero-order valence-electron chi connectivity index (χ0n) is 15.2. The fraction of sp³-hybridized carbons (Fsp3) is 0.150. The van der Waals surface area contributed by atoms with E-state index >= 15 is 0 Å². The standard InChI is InChI=1S/C20H16N4O5/c21-10-9-17(25)22-14-7-5-13(6-8-14)20(28)29-12-19(27)24-11-18(26)23-15-3-1-2-4-16(15)24/h1-8H,9,11-12H2,(H,22,25)(H,23,26). The van der Waals surface area contributed by atoms with Crippen molar-refractivity contribution in [2.45, 2.75) is 6.42 Å². The van der Waals surface area contributed by atoms with Gasteiger partial charge >= 0.3 is 5.97 Å². The maximum Gasteiger partial charge on any atom is 0.338 e. The van der Waals surface area contributed by atoms with Crippen molar-refractivity contribution in [1.29, 1.82) is 5.26 Å². The Hall–Kier alpha value is -4.19. The zero-order valence-corrected chi connectivity index (χ0v) is 15.2. The third-order valence-corrected chi connectivity index (χ3v) is 4.04. The topological polar surface area (TPSA) is 129 Å². The van der Waals surface area contributed by atoms with E-state index in [-0.39, 0.29) is 24.4 Å². The van der Waals surface area contributed by atoms with Crippen LogP contribution >= 0.6 is 0 Å². The van der Waals surface area contributed by atoms with E-state index in [1.807, 2.05) is 0 Å². The molecule has 9 heteroatoms. The van der Waals surface area contributed by atoms with Crippen LogP contribution in [0.25, 0.3) is 0 Å². The van der Waals surface area contributed by atoms with Gasteiger partial charge in [-0.1, -0.05) is 12.1 Å². The van der Waals surface area contributed by atoms with Gasteiger partial charge in [0.05, 0.1) is 23.0 Å². The van der Waals surface area contributed by atoms with Crippen LogP contribution in [0.15, 0.2) is 48.5 Å². The summed E-state index contributed by atoms with van der Waals surface area (Å²) in [6.45, 7) is -0.689. The summed E-state index contributed by atoms with van der Waals surface area (Å²) in [4.78, 5) is 49.1. The van der Waals surface area contributed by atoms with Crippen LogP contribution < -0.4 is 15.5 Å². The second-order valence-electron chi connectivity index (χ2n) is 6.08. The molecule has 2 N–H and O–H groups in total. The molecule has 2 aromatic rings. The monoisotopic (exact) mass is 392 g/mol. The molecule has 1 heterocycles. The highest BCUT2D eigenvalue weighted by Crippen LogP contribution is 2.28. The Morgan fingerprint density at radius 2 is 1.86 bits per heavy atom. The lowest BCUT2D eigenvalue weighted by atomic mass is 10.2. The number of carbonyl (C=O) groups excluding carboxylic acids is 4. The lowest BCUT2D eigenvalue weighted by molar-refractivity contribution is -0.124. The number of esters is 1. The minimum atomic E-state index is -0.719. The predicted molar refractivity (Wildman–Crippen MR) is 103 cm³/mol. The first-order valence-corrected chi connectivity index (χ1v) is 8.61. The first kappa shape index (κ1) is 19.6. The molecular formula is C20H16N4O5. The molecule has 0 saturated carbocycles. The summed E-state index contributed by atoms with van der Waals surface area (Å²) in [5.41, 5.74) is 1.66. The van der Waals surface area contributed by atoms with E-state index in [1.165, 1.54) is 29.2 Å². The summed E-state index contributed by atoms with van der Waals surface area (Å²) in [6, 6.07) is 14.4. The third kappa shape index (κ3) is 4.75. The number of nitrogens with zero attached hydrogens (tertiary/aromatic N) is 2. The normalized spacial score (nSPS) is 12.2. The molecular weight excluding hydrogens is 376 g/mol. The molecule has 0 fully saturated rings. The molecule has 0 aliphatic carbocycles. The van der Waals surface area contributed by atoms with E-state index in [9.17, 15) is 19.2 Å². The number of amides is 3. The van der Waals surface area contributed by atoms with Gasteiger partial charge in [-0.05, 0) is 36.4 Å². The van der Waals surface area contributed by atoms with E-state index in [0.717, 1.165) is 0 Å². The third-order valence-electron chi connectivity index (χ3n) is 4.04. The molecule has 0 radical (unpaired) electrons.